The third-order valence-corrected chi connectivity index (χ3v) is 6.57. The zero-order chi connectivity index (χ0) is 22.8. The lowest BCUT2D eigenvalue weighted by atomic mass is 10.0. The molecule has 0 bridgehead atoms. The van der Waals surface area contributed by atoms with Gasteiger partial charge in [0.1, 0.15) is 5.75 Å². The van der Waals surface area contributed by atoms with Gasteiger partial charge in [-0.3, -0.25) is 4.79 Å². The molecule has 0 unspecified atom stereocenters. The number of hydrogen-bond donors (Lipinski definition) is 0. The molecule has 3 aromatic rings. The van der Waals surface area contributed by atoms with Crippen LogP contribution in [0.1, 0.15) is 46.4 Å². The summed E-state index contributed by atoms with van der Waals surface area (Å²) in [6.45, 7) is 4.92. The molecule has 3 heterocycles. The Morgan fingerprint density at radius 3 is 2.61 bits per heavy atom. The second kappa shape index (κ2) is 9.40. The van der Waals surface area contributed by atoms with Crippen molar-refractivity contribution in [2.75, 3.05) is 24.5 Å². The molecule has 0 saturated carbocycles. The first-order valence-electron chi connectivity index (χ1n) is 11.5. The molecule has 0 aliphatic carbocycles. The van der Waals surface area contributed by atoms with Gasteiger partial charge in [0, 0.05) is 26.1 Å². The number of aryl methyl sites for hydroxylation is 1. The molecular weight excluding hydrogens is 436 g/mol. The standard InChI is InChI=1S/C26H27ClN4O2/c1-18-8-7-9-19(16-18)33-24-21-17-31(25(32)20-10-3-4-11-22(20)27)15-12-23(21)28-26(29-24)30-13-5-2-6-14-30/h3-4,7-11,16H,2,5-6,12-15,17H2,1H3. The first-order chi connectivity index (χ1) is 16.1. The number of benzene rings is 2. The van der Waals surface area contributed by atoms with Gasteiger partial charge in [-0.1, -0.05) is 35.9 Å². The number of fused-ring (bicyclic) bond motifs is 1. The van der Waals surface area contributed by atoms with E-state index in [1.165, 1.54) is 6.42 Å². The van der Waals surface area contributed by atoms with Crippen molar-refractivity contribution in [3.05, 3.63) is 75.9 Å². The van der Waals surface area contributed by atoms with Crippen LogP contribution in [0.2, 0.25) is 5.02 Å². The fourth-order valence-electron chi connectivity index (χ4n) is 4.46. The minimum absolute atomic E-state index is 0.0899. The predicted octanol–water partition coefficient (Wildman–Crippen LogP) is 5.42. The third-order valence-electron chi connectivity index (χ3n) is 6.24. The molecule has 0 spiro atoms. The molecule has 0 N–H and O–H groups in total. The first-order valence-corrected chi connectivity index (χ1v) is 11.9. The van der Waals surface area contributed by atoms with Gasteiger partial charge in [-0.25, -0.2) is 4.98 Å². The number of amides is 1. The van der Waals surface area contributed by atoms with Crippen molar-refractivity contribution in [3.8, 4) is 11.6 Å². The van der Waals surface area contributed by atoms with E-state index in [1.54, 1.807) is 17.0 Å². The predicted molar refractivity (Wildman–Crippen MR) is 129 cm³/mol. The lowest BCUT2D eigenvalue weighted by Crippen LogP contribution is -2.38. The Kier molecular flexibility index (Phi) is 6.18. The van der Waals surface area contributed by atoms with Gasteiger partial charge in [0.25, 0.3) is 5.91 Å². The summed E-state index contributed by atoms with van der Waals surface area (Å²) in [5, 5.41) is 0.459. The smallest absolute Gasteiger partial charge is 0.255 e. The van der Waals surface area contributed by atoms with Crippen LogP contribution in [0.3, 0.4) is 0 Å². The second-order valence-corrected chi connectivity index (χ2v) is 9.08. The summed E-state index contributed by atoms with van der Waals surface area (Å²) in [5.74, 6) is 1.90. The van der Waals surface area contributed by atoms with Crippen LogP contribution < -0.4 is 9.64 Å². The molecule has 1 aromatic heterocycles. The Hall–Kier alpha value is -3.12. The van der Waals surface area contributed by atoms with Crippen LogP contribution in [0.25, 0.3) is 0 Å². The van der Waals surface area contributed by atoms with E-state index in [9.17, 15) is 4.79 Å². The number of ether oxygens (including phenoxy) is 1. The number of hydrogen-bond acceptors (Lipinski definition) is 5. The maximum atomic E-state index is 13.2. The SMILES string of the molecule is Cc1cccc(Oc2nc(N3CCCCC3)nc3c2CN(C(=O)c2ccccc2Cl)CC3)c1. The topological polar surface area (TPSA) is 58.6 Å². The van der Waals surface area contributed by atoms with Crippen LogP contribution in [0.5, 0.6) is 11.6 Å². The van der Waals surface area contributed by atoms with E-state index in [2.05, 4.69) is 4.90 Å². The maximum absolute atomic E-state index is 13.2. The van der Waals surface area contributed by atoms with Crippen LogP contribution in [-0.4, -0.2) is 40.4 Å². The Labute approximate surface area is 199 Å². The lowest BCUT2D eigenvalue weighted by molar-refractivity contribution is 0.0732. The van der Waals surface area contributed by atoms with Gasteiger partial charge in [-0.2, -0.15) is 4.98 Å². The van der Waals surface area contributed by atoms with E-state index in [4.69, 9.17) is 26.3 Å². The van der Waals surface area contributed by atoms with Crippen molar-refractivity contribution < 1.29 is 9.53 Å². The number of anilines is 1. The van der Waals surface area contributed by atoms with E-state index < -0.39 is 0 Å². The molecule has 170 valence electrons. The second-order valence-electron chi connectivity index (χ2n) is 8.68. The molecular formula is C26H27ClN4O2. The highest BCUT2D eigenvalue weighted by molar-refractivity contribution is 6.33. The minimum Gasteiger partial charge on any atom is -0.438 e. The highest BCUT2D eigenvalue weighted by Gasteiger charge is 2.29. The molecule has 0 radical (unpaired) electrons. The Balaban J connectivity index is 1.50. The molecule has 2 aromatic carbocycles. The lowest BCUT2D eigenvalue weighted by Gasteiger charge is -2.32. The van der Waals surface area contributed by atoms with Gasteiger partial charge >= 0.3 is 0 Å². The maximum Gasteiger partial charge on any atom is 0.255 e. The van der Waals surface area contributed by atoms with E-state index in [0.717, 1.165) is 54.4 Å². The average molecular weight is 463 g/mol. The monoisotopic (exact) mass is 462 g/mol. The molecule has 33 heavy (non-hydrogen) atoms. The number of nitrogens with zero attached hydrogens (tertiary/aromatic N) is 4. The van der Waals surface area contributed by atoms with Gasteiger partial charge in [-0.05, 0) is 56.0 Å². The number of halogens is 1. The number of piperidine rings is 1. The highest BCUT2D eigenvalue weighted by Crippen LogP contribution is 2.33. The number of carbonyl (C=O) groups excluding carboxylic acids is 1. The zero-order valence-electron chi connectivity index (χ0n) is 18.8. The number of aromatic nitrogens is 2. The number of rotatable bonds is 4. The summed E-state index contributed by atoms with van der Waals surface area (Å²) < 4.78 is 6.30. The molecule has 6 nitrogen and oxygen atoms in total. The molecule has 2 aliphatic rings. The van der Waals surface area contributed by atoms with Crippen LogP contribution in [0, 0.1) is 6.92 Å². The summed E-state index contributed by atoms with van der Waals surface area (Å²) >= 11 is 6.30. The number of carbonyl (C=O) groups is 1. The quantitative estimate of drug-likeness (QED) is 0.518. The van der Waals surface area contributed by atoms with Crippen molar-refractivity contribution in [2.45, 2.75) is 39.2 Å². The molecule has 1 fully saturated rings. The fraction of sp³-hybridized carbons (Fsp3) is 0.346. The van der Waals surface area contributed by atoms with Gasteiger partial charge in [0.05, 0.1) is 28.4 Å². The van der Waals surface area contributed by atoms with Crippen molar-refractivity contribution in [1.82, 2.24) is 14.9 Å². The molecule has 2 aliphatic heterocycles. The summed E-state index contributed by atoms with van der Waals surface area (Å²) in [4.78, 5) is 27.0. The van der Waals surface area contributed by atoms with E-state index >= 15 is 0 Å². The summed E-state index contributed by atoms with van der Waals surface area (Å²) in [6, 6.07) is 15.1. The molecule has 1 saturated heterocycles. The summed E-state index contributed by atoms with van der Waals surface area (Å²) in [5.41, 5.74) is 3.44. The van der Waals surface area contributed by atoms with Crippen LogP contribution >= 0.6 is 11.6 Å². The molecule has 7 heteroatoms. The Morgan fingerprint density at radius 2 is 1.82 bits per heavy atom. The molecule has 1 amide bonds. The highest BCUT2D eigenvalue weighted by atomic mass is 35.5. The van der Waals surface area contributed by atoms with Gasteiger partial charge in [0.2, 0.25) is 11.8 Å². The Bertz CT molecular complexity index is 1180. The van der Waals surface area contributed by atoms with E-state index in [-0.39, 0.29) is 5.91 Å². The van der Waals surface area contributed by atoms with Gasteiger partial charge < -0.3 is 14.5 Å². The molecule has 0 atom stereocenters. The normalized spacial score (nSPS) is 15.8. The van der Waals surface area contributed by atoms with Crippen molar-refractivity contribution >= 4 is 23.5 Å². The first kappa shape index (κ1) is 21.7. The molecule has 5 rings (SSSR count). The zero-order valence-corrected chi connectivity index (χ0v) is 19.5. The van der Waals surface area contributed by atoms with Crippen molar-refractivity contribution in [3.63, 3.8) is 0 Å². The summed E-state index contributed by atoms with van der Waals surface area (Å²) in [7, 11) is 0. The van der Waals surface area contributed by atoms with Gasteiger partial charge in [0.15, 0.2) is 0 Å². The summed E-state index contributed by atoms with van der Waals surface area (Å²) in [6.07, 6.45) is 4.19. The fourth-order valence-corrected chi connectivity index (χ4v) is 4.68. The minimum atomic E-state index is -0.0899. The van der Waals surface area contributed by atoms with E-state index in [1.807, 2.05) is 43.3 Å². The van der Waals surface area contributed by atoms with Crippen LogP contribution in [-0.2, 0) is 13.0 Å². The van der Waals surface area contributed by atoms with E-state index in [0.29, 0.717) is 36.0 Å². The van der Waals surface area contributed by atoms with Crippen molar-refractivity contribution in [2.24, 2.45) is 0 Å². The van der Waals surface area contributed by atoms with Crippen LogP contribution in [0.4, 0.5) is 5.95 Å². The van der Waals surface area contributed by atoms with Crippen molar-refractivity contribution in [1.29, 1.82) is 0 Å². The average Bonchev–Trinajstić information content (AvgIpc) is 2.84. The van der Waals surface area contributed by atoms with Crippen LogP contribution in [0.15, 0.2) is 48.5 Å². The Morgan fingerprint density at radius 1 is 1.00 bits per heavy atom. The van der Waals surface area contributed by atoms with Gasteiger partial charge in [-0.15, -0.1) is 0 Å². The largest absolute Gasteiger partial charge is 0.438 e. The third kappa shape index (κ3) is 4.67.